The molecule has 8 heteroatoms. The van der Waals surface area contributed by atoms with Crippen LogP contribution in [-0.4, -0.2) is 42.4 Å². The van der Waals surface area contributed by atoms with Crippen molar-refractivity contribution >= 4 is 0 Å². The second-order valence-corrected chi connectivity index (χ2v) is 5.76. The van der Waals surface area contributed by atoms with Gasteiger partial charge in [-0.25, -0.2) is 4.98 Å². The molecule has 1 saturated heterocycles. The Bertz CT molecular complexity index is 721. The second-order valence-electron chi connectivity index (χ2n) is 5.76. The number of likely N-dealkylation sites (tertiary alicyclic amines) is 1. The molecule has 1 aliphatic rings. The van der Waals surface area contributed by atoms with E-state index in [4.69, 9.17) is 8.94 Å². The van der Waals surface area contributed by atoms with Crippen LogP contribution in [-0.2, 0) is 13.1 Å². The monoisotopic (exact) mass is 314 g/mol. The molecule has 0 N–H and O–H groups in total. The first-order chi connectivity index (χ1) is 11.4. The zero-order valence-corrected chi connectivity index (χ0v) is 12.7. The van der Waals surface area contributed by atoms with Gasteiger partial charge in [-0.15, -0.1) is 0 Å². The van der Waals surface area contributed by atoms with Gasteiger partial charge in [-0.3, -0.25) is 9.58 Å². The number of piperidine rings is 1. The molecule has 0 bridgehead atoms. The quantitative estimate of drug-likeness (QED) is 0.711. The maximum atomic E-state index is 5.40. The second kappa shape index (κ2) is 6.33. The topological polar surface area (TPSA) is 86.0 Å². The Kier molecular flexibility index (Phi) is 3.89. The summed E-state index contributed by atoms with van der Waals surface area (Å²) >= 11 is 0. The van der Waals surface area contributed by atoms with Crippen molar-refractivity contribution in [1.29, 1.82) is 0 Å². The maximum Gasteiger partial charge on any atom is 0.241 e. The lowest BCUT2D eigenvalue weighted by Gasteiger charge is -2.34. The summed E-state index contributed by atoms with van der Waals surface area (Å²) in [5.41, 5.74) is 0.831. The van der Waals surface area contributed by atoms with E-state index >= 15 is 0 Å². The summed E-state index contributed by atoms with van der Waals surface area (Å²) in [7, 11) is 0. The lowest BCUT2D eigenvalue weighted by molar-refractivity contribution is 0.108. The summed E-state index contributed by atoms with van der Waals surface area (Å²) < 4.78 is 12.3. The molecule has 3 aromatic heterocycles. The molecule has 4 heterocycles. The Hall–Kier alpha value is -2.48. The Balaban J connectivity index is 1.45. The predicted octanol–water partition coefficient (Wildman–Crippen LogP) is 1.98. The van der Waals surface area contributed by atoms with E-state index in [1.165, 1.54) is 12.8 Å². The van der Waals surface area contributed by atoms with Crippen LogP contribution in [0.3, 0.4) is 0 Å². The van der Waals surface area contributed by atoms with Crippen LogP contribution in [0.2, 0.25) is 0 Å². The van der Waals surface area contributed by atoms with E-state index in [9.17, 15) is 0 Å². The molecular weight excluding hydrogens is 296 g/mol. The molecule has 4 rings (SSSR count). The fraction of sp³-hybridized carbons (Fsp3) is 0.467. The van der Waals surface area contributed by atoms with Crippen molar-refractivity contribution < 1.29 is 8.94 Å². The van der Waals surface area contributed by atoms with Gasteiger partial charge in [0, 0.05) is 6.04 Å². The molecule has 0 aliphatic carbocycles. The first-order valence-corrected chi connectivity index (χ1v) is 7.80. The molecule has 1 aliphatic heterocycles. The number of rotatable bonds is 5. The lowest BCUT2D eigenvalue weighted by Crippen LogP contribution is -2.41. The molecule has 3 aromatic rings. The summed E-state index contributed by atoms with van der Waals surface area (Å²) in [6.45, 7) is 2.52. The first-order valence-electron chi connectivity index (χ1n) is 7.80. The molecule has 0 spiro atoms. The van der Waals surface area contributed by atoms with Crippen molar-refractivity contribution in [2.75, 3.05) is 6.54 Å². The van der Waals surface area contributed by atoms with Gasteiger partial charge in [0.25, 0.3) is 0 Å². The SMILES string of the molecule is c1ncn(C[C@H]2CCCCN2Cc2nc(-c3ccoc3)no2)n1. The molecule has 23 heavy (non-hydrogen) atoms. The van der Waals surface area contributed by atoms with E-state index in [0.29, 0.717) is 24.3 Å². The number of aromatic nitrogens is 5. The average molecular weight is 314 g/mol. The Morgan fingerprint density at radius 2 is 2.30 bits per heavy atom. The molecule has 0 radical (unpaired) electrons. The van der Waals surface area contributed by atoms with Crippen molar-refractivity contribution in [2.24, 2.45) is 0 Å². The summed E-state index contributed by atoms with van der Waals surface area (Å²) in [4.78, 5) is 10.9. The van der Waals surface area contributed by atoms with Crippen LogP contribution >= 0.6 is 0 Å². The van der Waals surface area contributed by atoms with Crippen LogP contribution in [0, 0.1) is 0 Å². The summed E-state index contributed by atoms with van der Waals surface area (Å²) in [6, 6.07) is 2.23. The van der Waals surface area contributed by atoms with E-state index < -0.39 is 0 Å². The highest BCUT2D eigenvalue weighted by atomic mass is 16.5. The highest BCUT2D eigenvalue weighted by Crippen LogP contribution is 2.22. The zero-order chi connectivity index (χ0) is 15.5. The third kappa shape index (κ3) is 3.16. The number of nitrogens with zero attached hydrogens (tertiary/aromatic N) is 6. The fourth-order valence-electron chi connectivity index (χ4n) is 3.02. The van der Waals surface area contributed by atoms with Gasteiger partial charge in [0.1, 0.15) is 18.9 Å². The van der Waals surface area contributed by atoms with E-state index in [2.05, 4.69) is 25.1 Å². The molecule has 0 amide bonds. The Labute approximate surface area is 133 Å². The van der Waals surface area contributed by atoms with Gasteiger partial charge < -0.3 is 8.94 Å². The molecule has 1 atom stereocenters. The fourth-order valence-corrected chi connectivity index (χ4v) is 3.02. The smallest absolute Gasteiger partial charge is 0.241 e. The first kappa shape index (κ1) is 14.1. The number of hydrogen-bond donors (Lipinski definition) is 0. The molecule has 0 unspecified atom stereocenters. The summed E-state index contributed by atoms with van der Waals surface area (Å²) in [6.07, 6.45) is 10.1. The van der Waals surface area contributed by atoms with Crippen molar-refractivity contribution in [3.63, 3.8) is 0 Å². The van der Waals surface area contributed by atoms with E-state index in [0.717, 1.165) is 25.1 Å². The van der Waals surface area contributed by atoms with Crippen molar-refractivity contribution in [3.05, 3.63) is 37.1 Å². The summed E-state index contributed by atoms with van der Waals surface area (Å²) in [5, 5.41) is 8.23. The van der Waals surface area contributed by atoms with Crippen LogP contribution in [0.4, 0.5) is 0 Å². The van der Waals surface area contributed by atoms with Crippen molar-refractivity contribution in [3.8, 4) is 11.4 Å². The van der Waals surface area contributed by atoms with Gasteiger partial charge in [0.05, 0.1) is 24.9 Å². The van der Waals surface area contributed by atoms with Gasteiger partial charge >= 0.3 is 0 Å². The largest absolute Gasteiger partial charge is 0.472 e. The third-order valence-corrected chi connectivity index (χ3v) is 4.20. The van der Waals surface area contributed by atoms with Gasteiger partial charge in [0.2, 0.25) is 11.7 Å². The molecule has 1 fully saturated rings. The van der Waals surface area contributed by atoms with Crippen LogP contribution in [0.15, 0.2) is 40.2 Å². The molecule has 0 saturated carbocycles. The van der Waals surface area contributed by atoms with Crippen molar-refractivity contribution in [1.82, 2.24) is 29.8 Å². The highest BCUT2D eigenvalue weighted by molar-refractivity contribution is 5.51. The minimum atomic E-state index is 0.412. The van der Waals surface area contributed by atoms with Gasteiger partial charge in [-0.05, 0) is 25.5 Å². The van der Waals surface area contributed by atoms with Crippen LogP contribution in [0.25, 0.3) is 11.4 Å². The maximum absolute atomic E-state index is 5.40. The lowest BCUT2D eigenvalue weighted by atomic mass is 10.0. The van der Waals surface area contributed by atoms with Gasteiger partial charge in [-0.1, -0.05) is 11.6 Å². The predicted molar refractivity (Wildman–Crippen MR) is 80.1 cm³/mol. The van der Waals surface area contributed by atoms with E-state index in [-0.39, 0.29) is 0 Å². The minimum absolute atomic E-state index is 0.412. The highest BCUT2D eigenvalue weighted by Gasteiger charge is 2.25. The molecule has 120 valence electrons. The van der Waals surface area contributed by atoms with Crippen LogP contribution in [0.5, 0.6) is 0 Å². The van der Waals surface area contributed by atoms with E-state index in [1.54, 1.807) is 25.2 Å². The molecule has 8 nitrogen and oxygen atoms in total. The van der Waals surface area contributed by atoms with Gasteiger partial charge in [-0.2, -0.15) is 10.1 Å². The van der Waals surface area contributed by atoms with Gasteiger partial charge in [0.15, 0.2) is 0 Å². The Morgan fingerprint density at radius 3 is 3.13 bits per heavy atom. The summed E-state index contributed by atoms with van der Waals surface area (Å²) in [5.74, 6) is 1.20. The molecule has 0 aromatic carbocycles. The van der Waals surface area contributed by atoms with Crippen LogP contribution in [0.1, 0.15) is 25.2 Å². The van der Waals surface area contributed by atoms with E-state index in [1.807, 2.05) is 10.7 Å². The third-order valence-electron chi connectivity index (χ3n) is 4.20. The molecular formula is C15H18N6O2. The zero-order valence-electron chi connectivity index (χ0n) is 12.7. The standard InChI is InChI=1S/C15H18N6O2/c1-2-5-20(13(3-1)7-21-11-16-10-17-21)8-14-18-15(19-23-14)12-4-6-22-9-12/h4,6,9-11,13H,1-3,5,7-8H2/t13-/m1/s1. The Morgan fingerprint density at radius 1 is 1.30 bits per heavy atom. The van der Waals surface area contributed by atoms with Crippen LogP contribution < -0.4 is 0 Å². The number of hydrogen-bond acceptors (Lipinski definition) is 7. The normalized spacial score (nSPS) is 19.2. The minimum Gasteiger partial charge on any atom is -0.472 e. The number of furan rings is 1. The van der Waals surface area contributed by atoms with Crippen molar-refractivity contribution in [2.45, 2.75) is 38.4 Å². The average Bonchev–Trinajstić information content (AvgIpc) is 3.31.